The molecule has 0 spiro atoms. The van der Waals surface area contributed by atoms with Gasteiger partial charge in [-0.2, -0.15) is 0 Å². The van der Waals surface area contributed by atoms with Crippen LogP contribution in [0.15, 0.2) is 174 Å². The number of aliphatic imine (C=N–C) groups is 1. The number of benzene rings is 7. The van der Waals surface area contributed by atoms with E-state index >= 15 is 0 Å². The summed E-state index contributed by atoms with van der Waals surface area (Å²) in [5, 5.41) is 22.4. The Hall–Kier alpha value is -8.61. The molecule has 1 heterocycles. The fraction of sp³-hybridized carbons (Fsp3) is 0.279. The summed E-state index contributed by atoms with van der Waals surface area (Å²) in [5.74, 6) is -0.132. The Morgan fingerprint density at radius 2 is 1.12 bits per heavy atom. The first kappa shape index (κ1) is 56.1. The number of hydrogen-bond acceptors (Lipinski definition) is 8. The molecule has 2 amide bonds. The number of carbonyl (C=O) groups is 2. The number of unbranched alkanes of at least 4 members (excludes halogenated alkanes) is 6. The van der Waals surface area contributed by atoms with Gasteiger partial charge in [-0.3, -0.25) is 14.9 Å². The molecule has 12 nitrogen and oxygen atoms in total. The number of carbonyl (C=O) groups excluding carboxylic acids is 2. The Kier molecular flexibility index (Phi) is 19.2. The van der Waals surface area contributed by atoms with Crippen LogP contribution in [-0.4, -0.2) is 62.8 Å². The van der Waals surface area contributed by atoms with Crippen molar-refractivity contribution in [3.8, 4) is 16.8 Å². The molecule has 0 fully saturated rings. The second-order valence-corrected chi connectivity index (χ2v) is 21.0. The van der Waals surface area contributed by atoms with Gasteiger partial charge in [-0.1, -0.05) is 86.3 Å². The standard InChI is InChI=1S/C68H76N10O2/c1-46-41-55(76-62-42-47(2)60(69-5)44-63(62)75-54-21-13-11-14-22-54)33-34-57(46)71-37-17-7-9-19-39-73-67(79)52-29-25-50(26-30-52)51-27-31-53(32-28-51)68(80)74-40-20-10-8-18-38-72-58-35-36-59-66(49(58)4)78(56-23-15-12-16-24-56)65-45-61(70-6)48(3)43-64(65)77-59/h11-16,21-36,42-45,69,71,75H,7-10,17-20,37-41H2,1-6H3,(H3,70,72,73,74,79,80)/p+2. The summed E-state index contributed by atoms with van der Waals surface area (Å²) < 4.78 is 2.33. The minimum Gasteiger partial charge on any atom is -0.388 e. The lowest BCUT2D eigenvalue weighted by atomic mass is 10.0. The van der Waals surface area contributed by atoms with Crippen molar-refractivity contribution in [1.82, 2.24) is 20.9 Å². The van der Waals surface area contributed by atoms with Gasteiger partial charge in [-0.15, -0.1) is 4.57 Å². The van der Waals surface area contributed by atoms with E-state index in [9.17, 15) is 9.59 Å². The second kappa shape index (κ2) is 27.3. The number of para-hydroxylation sites is 2. The number of fused-ring (bicyclic) bond motifs is 2. The Bertz CT molecular complexity index is 3540. The van der Waals surface area contributed by atoms with Crippen molar-refractivity contribution >= 4 is 73.7 Å². The summed E-state index contributed by atoms with van der Waals surface area (Å²) in [5.41, 5.74) is 22.0. The quantitative estimate of drug-likeness (QED) is 0.0130. The van der Waals surface area contributed by atoms with Crippen LogP contribution in [-0.2, 0) is 0 Å². The van der Waals surface area contributed by atoms with E-state index in [2.05, 4.69) is 173 Å². The number of anilines is 3. The highest BCUT2D eigenvalue weighted by Gasteiger charge is 2.24. The molecule has 0 radical (unpaired) electrons. The van der Waals surface area contributed by atoms with Crippen molar-refractivity contribution in [3.05, 3.63) is 197 Å². The number of quaternary nitrogens is 1. The number of allylic oxidation sites excluding steroid dienone is 3. The van der Waals surface area contributed by atoms with Crippen molar-refractivity contribution in [2.24, 2.45) is 4.99 Å². The van der Waals surface area contributed by atoms with Crippen LogP contribution in [0.25, 0.3) is 38.9 Å². The maximum absolute atomic E-state index is 13.0. The van der Waals surface area contributed by atoms with Crippen LogP contribution in [0.4, 0.5) is 34.1 Å². The zero-order valence-corrected chi connectivity index (χ0v) is 47.4. The number of nitrogens with two attached hydrogens (primary N) is 1. The average Bonchev–Trinajstić information content (AvgIpc) is 3.49. The Morgan fingerprint density at radius 1 is 0.562 bits per heavy atom. The third-order valence-electron chi connectivity index (χ3n) is 15.1. The summed E-state index contributed by atoms with van der Waals surface area (Å²) in [6.45, 7) is 11.6. The fourth-order valence-corrected chi connectivity index (χ4v) is 10.6. The molecule has 0 unspecified atom stereocenters. The third-order valence-corrected chi connectivity index (χ3v) is 15.1. The number of rotatable bonds is 25. The van der Waals surface area contributed by atoms with E-state index < -0.39 is 0 Å². The Labute approximate surface area is 472 Å². The first-order valence-corrected chi connectivity index (χ1v) is 28.5. The van der Waals surface area contributed by atoms with Crippen molar-refractivity contribution in [2.45, 2.75) is 85.5 Å². The van der Waals surface area contributed by atoms with Gasteiger partial charge in [0.15, 0.2) is 5.69 Å². The van der Waals surface area contributed by atoms with Gasteiger partial charge in [-0.05, 0) is 154 Å². The topological polar surface area (TPSA) is 152 Å². The number of hydrogen-bond donors (Lipinski definition) is 7. The van der Waals surface area contributed by atoms with E-state index in [0.29, 0.717) is 24.2 Å². The number of aromatic nitrogens is 2. The van der Waals surface area contributed by atoms with Gasteiger partial charge in [0.25, 0.3) is 11.8 Å². The van der Waals surface area contributed by atoms with Crippen LogP contribution in [0, 0.1) is 20.8 Å². The molecule has 80 heavy (non-hydrogen) atoms. The molecule has 9 rings (SSSR count). The van der Waals surface area contributed by atoms with Crippen molar-refractivity contribution in [1.29, 1.82) is 0 Å². The molecule has 0 saturated heterocycles. The Morgan fingerprint density at radius 3 is 1.73 bits per heavy atom. The van der Waals surface area contributed by atoms with Gasteiger partial charge in [0.2, 0.25) is 16.7 Å². The van der Waals surface area contributed by atoms with E-state index in [1.165, 1.54) is 16.8 Å². The average molecular weight is 1070 g/mol. The molecule has 12 heteroatoms. The number of aryl methyl sites for hydroxylation is 3. The molecule has 410 valence electrons. The van der Waals surface area contributed by atoms with Gasteiger partial charge < -0.3 is 31.9 Å². The summed E-state index contributed by atoms with van der Waals surface area (Å²) in [6, 6.07) is 49.2. The molecule has 0 atom stereocenters. The second-order valence-electron chi connectivity index (χ2n) is 21.0. The Balaban J connectivity index is 0.643. The lowest BCUT2D eigenvalue weighted by Crippen LogP contribution is -2.71. The minimum absolute atomic E-state index is 0.0640. The van der Waals surface area contributed by atoms with Crippen LogP contribution < -0.4 is 41.8 Å². The third kappa shape index (κ3) is 14.2. The van der Waals surface area contributed by atoms with Crippen LogP contribution in [0.1, 0.15) is 102 Å². The van der Waals surface area contributed by atoms with Gasteiger partial charge >= 0.3 is 0 Å². The molecule has 0 aliphatic heterocycles. The maximum Gasteiger partial charge on any atom is 0.251 e. The smallest absolute Gasteiger partial charge is 0.251 e. The molecule has 8 N–H and O–H groups in total. The molecule has 7 aromatic carbocycles. The predicted octanol–water partition coefficient (Wildman–Crippen LogP) is 13.2. The normalized spacial score (nSPS) is 12.8. The van der Waals surface area contributed by atoms with E-state index in [-0.39, 0.29) is 11.8 Å². The molecule has 0 bridgehead atoms. The first-order chi connectivity index (χ1) is 39.1. The van der Waals surface area contributed by atoms with E-state index in [1.54, 1.807) is 0 Å². The highest BCUT2D eigenvalue weighted by Crippen LogP contribution is 2.32. The molecule has 1 aliphatic carbocycles. The van der Waals surface area contributed by atoms with E-state index in [0.717, 1.165) is 161 Å². The lowest BCUT2D eigenvalue weighted by Gasteiger charge is -2.17. The van der Waals surface area contributed by atoms with Crippen molar-refractivity contribution in [3.63, 3.8) is 0 Å². The number of nitrogens with one attached hydrogen (secondary N) is 6. The van der Waals surface area contributed by atoms with Crippen molar-refractivity contribution < 1.29 is 19.5 Å². The summed E-state index contributed by atoms with van der Waals surface area (Å²) in [6.07, 6.45) is 13.3. The minimum atomic E-state index is -0.0679. The van der Waals surface area contributed by atoms with Gasteiger partial charge in [0.05, 0.1) is 0 Å². The van der Waals surface area contributed by atoms with Crippen LogP contribution in [0.2, 0.25) is 0 Å². The molecular weight excluding hydrogens is 989 g/mol. The van der Waals surface area contributed by atoms with Crippen molar-refractivity contribution in [2.75, 3.05) is 56.2 Å². The van der Waals surface area contributed by atoms with Crippen LogP contribution in [0.5, 0.6) is 0 Å². The molecule has 1 aromatic heterocycles. The molecular formula is C68H78N10O2+2. The fourth-order valence-electron chi connectivity index (χ4n) is 10.6. The van der Waals surface area contributed by atoms with Crippen LogP contribution >= 0.6 is 0 Å². The van der Waals surface area contributed by atoms with E-state index in [1.807, 2.05) is 68.7 Å². The highest BCUT2D eigenvalue weighted by molar-refractivity contribution is 6.01. The zero-order chi connectivity index (χ0) is 55.8. The largest absolute Gasteiger partial charge is 0.388 e. The number of nitrogens with zero attached hydrogens (tertiary/aromatic N) is 3. The summed E-state index contributed by atoms with van der Waals surface area (Å²) >= 11 is 0. The monoisotopic (exact) mass is 1070 g/mol. The van der Waals surface area contributed by atoms with E-state index in [4.69, 9.17) is 9.98 Å². The molecule has 8 aromatic rings. The zero-order valence-electron chi connectivity index (χ0n) is 47.4. The summed E-state index contributed by atoms with van der Waals surface area (Å²) in [7, 11) is 3.92. The molecule has 1 aliphatic rings. The van der Waals surface area contributed by atoms with Crippen LogP contribution in [0.3, 0.4) is 0 Å². The highest BCUT2D eigenvalue weighted by atomic mass is 16.2. The summed E-state index contributed by atoms with van der Waals surface area (Å²) in [4.78, 5) is 36.3. The predicted molar refractivity (Wildman–Crippen MR) is 332 cm³/mol. The SMILES string of the molecule is CNc1cc([NH2+]c2ccccc2)c(N=C2C=CC(NCCCCCCNC(=O)c3ccc(-c4ccc(C(=O)NCCCCCCNc5ccc6nc7cc(C)c(NC)cc7[n+](-c7ccccc7)c6c5C)cc4)cc3)=C(C)C2)cc1C. The number of amides is 2. The van der Waals surface area contributed by atoms with Gasteiger partial charge in [-0.25, -0.2) is 9.98 Å². The molecule has 0 saturated carbocycles. The maximum atomic E-state index is 13.0. The first-order valence-electron chi connectivity index (χ1n) is 28.5. The van der Waals surface area contributed by atoms with Gasteiger partial charge in [0, 0.05) is 116 Å². The lowest BCUT2D eigenvalue weighted by molar-refractivity contribution is -0.538. The van der Waals surface area contributed by atoms with Gasteiger partial charge in [0.1, 0.15) is 22.4 Å².